The number of para-hydroxylation sites is 2. The molecule has 1 fully saturated rings. The normalized spacial score (nSPS) is 14.2. The Kier molecular flexibility index (Phi) is 5.73. The fourth-order valence-corrected chi connectivity index (χ4v) is 2.91. The molecule has 1 N–H and O–H groups in total. The number of nitrogens with one attached hydrogen (secondary N) is 1. The number of ether oxygens (including phenoxy) is 2. The van der Waals surface area contributed by atoms with Gasteiger partial charge in [0.2, 0.25) is 0 Å². The molecule has 0 saturated carbocycles. The second-order valence-electron chi connectivity index (χ2n) is 5.50. The van der Waals surface area contributed by atoms with Crippen molar-refractivity contribution in [3.63, 3.8) is 0 Å². The first-order chi connectivity index (χ1) is 12.1. The van der Waals surface area contributed by atoms with Crippen molar-refractivity contribution in [2.45, 2.75) is 0 Å². The summed E-state index contributed by atoms with van der Waals surface area (Å²) in [6.07, 6.45) is 0. The fraction of sp³-hybridized carbons (Fsp3) is 0.278. The number of anilines is 2. The van der Waals surface area contributed by atoms with Crippen LogP contribution in [0.4, 0.5) is 15.8 Å². The number of halogens is 2. The van der Waals surface area contributed by atoms with Crippen molar-refractivity contribution in [3.8, 4) is 5.75 Å². The molecule has 7 heteroatoms. The van der Waals surface area contributed by atoms with Crippen LogP contribution in [0.2, 0.25) is 5.02 Å². The minimum atomic E-state index is -0.507. The van der Waals surface area contributed by atoms with E-state index in [-0.39, 0.29) is 18.3 Å². The standard InChI is InChI=1S/C18H18ClFN2O3/c19-13-4-3-6-15(18(13)22-8-10-24-11-9-22)21-17(23)12-25-16-7-2-1-5-14(16)20/h1-7H,8-12H2,(H,21,23). The van der Waals surface area contributed by atoms with E-state index in [2.05, 4.69) is 10.2 Å². The molecule has 0 spiro atoms. The summed E-state index contributed by atoms with van der Waals surface area (Å²) in [7, 11) is 0. The molecule has 0 aromatic heterocycles. The third kappa shape index (κ3) is 4.41. The molecular weight excluding hydrogens is 347 g/mol. The van der Waals surface area contributed by atoms with Gasteiger partial charge in [-0.2, -0.15) is 0 Å². The van der Waals surface area contributed by atoms with E-state index in [1.165, 1.54) is 12.1 Å². The van der Waals surface area contributed by atoms with Crippen LogP contribution in [0.5, 0.6) is 5.75 Å². The van der Waals surface area contributed by atoms with Gasteiger partial charge in [0.15, 0.2) is 18.2 Å². The van der Waals surface area contributed by atoms with Gasteiger partial charge in [-0.3, -0.25) is 4.79 Å². The zero-order chi connectivity index (χ0) is 17.6. The molecule has 0 unspecified atom stereocenters. The average molecular weight is 365 g/mol. The van der Waals surface area contributed by atoms with Crippen molar-refractivity contribution in [1.82, 2.24) is 0 Å². The minimum Gasteiger partial charge on any atom is -0.481 e. The van der Waals surface area contributed by atoms with E-state index in [0.29, 0.717) is 37.0 Å². The van der Waals surface area contributed by atoms with E-state index in [9.17, 15) is 9.18 Å². The Morgan fingerprint density at radius 3 is 2.72 bits per heavy atom. The summed E-state index contributed by atoms with van der Waals surface area (Å²) in [5.74, 6) is -0.857. The Bertz CT molecular complexity index is 751. The number of benzene rings is 2. The number of hydrogen-bond donors (Lipinski definition) is 1. The lowest BCUT2D eigenvalue weighted by molar-refractivity contribution is -0.118. The summed E-state index contributed by atoms with van der Waals surface area (Å²) in [5, 5.41) is 3.34. The highest BCUT2D eigenvalue weighted by Gasteiger charge is 2.19. The fourth-order valence-electron chi connectivity index (χ4n) is 2.62. The molecule has 5 nitrogen and oxygen atoms in total. The number of rotatable bonds is 5. The van der Waals surface area contributed by atoms with Crippen LogP contribution < -0.4 is 15.0 Å². The number of hydrogen-bond acceptors (Lipinski definition) is 4. The van der Waals surface area contributed by atoms with Crippen molar-refractivity contribution in [1.29, 1.82) is 0 Å². The van der Waals surface area contributed by atoms with Crippen LogP contribution in [-0.2, 0) is 9.53 Å². The summed E-state index contributed by atoms with van der Waals surface area (Å²) in [6, 6.07) is 11.3. The van der Waals surface area contributed by atoms with Gasteiger partial charge in [0.25, 0.3) is 5.91 Å². The molecule has 1 aliphatic heterocycles. The van der Waals surface area contributed by atoms with Crippen molar-refractivity contribution < 1.29 is 18.7 Å². The molecule has 2 aromatic rings. The number of amides is 1. The summed E-state index contributed by atoms with van der Waals surface area (Å²) >= 11 is 6.33. The zero-order valence-electron chi connectivity index (χ0n) is 13.5. The van der Waals surface area contributed by atoms with E-state index in [1.54, 1.807) is 30.3 Å². The Morgan fingerprint density at radius 2 is 1.96 bits per heavy atom. The van der Waals surface area contributed by atoms with Crippen LogP contribution >= 0.6 is 11.6 Å². The summed E-state index contributed by atoms with van der Waals surface area (Å²) < 4.78 is 24.1. The second kappa shape index (κ2) is 8.18. The summed E-state index contributed by atoms with van der Waals surface area (Å²) in [4.78, 5) is 14.3. The average Bonchev–Trinajstić information content (AvgIpc) is 2.62. The Hall–Kier alpha value is -2.31. The van der Waals surface area contributed by atoms with Gasteiger partial charge in [0.1, 0.15) is 0 Å². The monoisotopic (exact) mass is 364 g/mol. The SMILES string of the molecule is O=C(COc1ccccc1F)Nc1cccc(Cl)c1N1CCOCC1. The van der Waals surface area contributed by atoms with Crippen molar-refractivity contribution >= 4 is 28.9 Å². The molecule has 0 aliphatic carbocycles. The quantitative estimate of drug-likeness (QED) is 0.884. The first-order valence-corrected chi connectivity index (χ1v) is 8.31. The Balaban J connectivity index is 1.68. The number of nitrogens with zero attached hydrogens (tertiary/aromatic N) is 1. The Morgan fingerprint density at radius 1 is 1.20 bits per heavy atom. The highest BCUT2D eigenvalue weighted by Crippen LogP contribution is 2.34. The van der Waals surface area contributed by atoms with Crippen LogP contribution in [0.25, 0.3) is 0 Å². The van der Waals surface area contributed by atoms with Gasteiger partial charge in [0, 0.05) is 13.1 Å². The maximum Gasteiger partial charge on any atom is 0.262 e. The topological polar surface area (TPSA) is 50.8 Å². The van der Waals surface area contributed by atoms with Crippen LogP contribution in [0.3, 0.4) is 0 Å². The van der Waals surface area contributed by atoms with Gasteiger partial charge in [-0.05, 0) is 24.3 Å². The van der Waals surface area contributed by atoms with Gasteiger partial charge in [-0.1, -0.05) is 29.8 Å². The van der Waals surface area contributed by atoms with Gasteiger partial charge in [-0.25, -0.2) is 4.39 Å². The van der Waals surface area contributed by atoms with Gasteiger partial charge < -0.3 is 19.7 Å². The number of morpholine rings is 1. The van der Waals surface area contributed by atoms with Gasteiger partial charge in [0.05, 0.1) is 29.6 Å². The van der Waals surface area contributed by atoms with E-state index < -0.39 is 5.82 Å². The minimum absolute atomic E-state index is 0.0390. The van der Waals surface area contributed by atoms with E-state index in [4.69, 9.17) is 21.1 Å². The lowest BCUT2D eigenvalue weighted by Gasteiger charge is -2.31. The lowest BCUT2D eigenvalue weighted by Crippen LogP contribution is -2.37. The number of carbonyl (C=O) groups is 1. The molecular formula is C18H18ClFN2O3. The molecule has 2 aromatic carbocycles. The van der Waals surface area contributed by atoms with Gasteiger partial charge in [-0.15, -0.1) is 0 Å². The predicted octanol–water partition coefficient (Wildman–Crippen LogP) is 3.33. The first kappa shape index (κ1) is 17.5. The molecule has 1 amide bonds. The molecule has 0 atom stereocenters. The lowest BCUT2D eigenvalue weighted by atomic mass is 10.2. The molecule has 1 saturated heterocycles. The third-order valence-electron chi connectivity index (χ3n) is 3.78. The summed E-state index contributed by atoms with van der Waals surface area (Å²) in [6.45, 7) is 2.30. The zero-order valence-corrected chi connectivity index (χ0v) is 14.3. The van der Waals surface area contributed by atoms with Crippen LogP contribution in [0.1, 0.15) is 0 Å². The van der Waals surface area contributed by atoms with Crippen LogP contribution in [0, 0.1) is 5.82 Å². The molecule has 25 heavy (non-hydrogen) atoms. The van der Waals surface area contributed by atoms with Crippen molar-refractivity contribution in [2.75, 3.05) is 43.1 Å². The third-order valence-corrected chi connectivity index (χ3v) is 4.09. The first-order valence-electron chi connectivity index (χ1n) is 7.93. The van der Waals surface area contributed by atoms with E-state index >= 15 is 0 Å². The molecule has 1 heterocycles. The van der Waals surface area contributed by atoms with Crippen molar-refractivity contribution in [3.05, 3.63) is 53.3 Å². The largest absolute Gasteiger partial charge is 0.481 e. The highest BCUT2D eigenvalue weighted by atomic mass is 35.5. The Labute approximate surface area is 150 Å². The maximum atomic E-state index is 13.5. The molecule has 0 radical (unpaired) electrons. The maximum absolute atomic E-state index is 13.5. The van der Waals surface area contributed by atoms with Crippen molar-refractivity contribution in [2.24, 2.45) is 0 Å². The smallest absolute Gasteiger partial charge is 0.262 e. The predicted molar refractivity (Wildman–Crippen MR) is 95.0 cm³/mol. The second-order valence-corrected chi connectivity index (χ2v) is 5.91. The van der Waals surface area contributed by atoms with Crippen LogP contribution in [0.15, 0.2) is 42.5 Å². The molecule has 132 valence electrons. The van der Waals surface area contributed by atoms with Gasteiger partial charge >= 0.3 is 0 Å². The van der Waals surface area contributed by atoms with E-state index in [0.717, 1.165) is 5.69 Å². The molecule has 0 bridgehead atoms. The van der Waals surface area contributed by atoms with Crippen LogP contribution in [-0.4, -0.2) is 38.8 Å². The highest BCUT2D eigenvalue weighted by molar-refractivity contribution is 6.34. The summed E-state index contributed by atoms with van der Waals surface area (Å²) in [5.41, 5.74) is 1.35. The number of carbonyl (C=O) groups excluding carboxylic acids is 1. The van der Waals surface area contributed by atoms with E-state index in [1.807, 2.05) is 0 Å². The molecule has 3 rings (SSSR count). The molecule has 1 aliphatic rings.